The zero-order valence-corrected chi connectivity index (χ0v) is 14.8. The van der Waals surface area contributed by atoms with Gasteiger partial charge in [0.1, 0.15) is 0 Å². The van der Waals surface area contributed by atoms with Crippen molar-refractivity contribution in [2.24, 2.45) is 4.99 Å². The fourth-order valence-electron chi connectivity index (χ4n) is 2.14. The molecule has 0 N–H and O–H groups in total. The molecule has 0 spiro atoms. The molecule has 1 heterocycles. The lowest BCUT2D eigenvalue weighted by molar-refractivity contribution is 0.643. The molecule has 0 aliphatic heterocycles. The third-order valence-electron chi connectivity index (χ3n) is 3.13. The number of rotatable bonds is 5. The summed E-state index contributed by atoms with van der Waals surface area (Å²) >= 11 is 1.67. The predicted octanol–water partition coefficient (Wildman–Crippen LogP) is 3.12. The molecule has 3 nitrogen and oxygen atoms in total. The number of benzene rings is 2. The Morgan fingerprint density at radius 2 is 1.52 bits per heavy atom. The highest BCUT2D eigenvalue weighted by molar-refractivity contribution is 7.84. The van der Waals surface area contributed by atoms with Crippen molar-refractivity contribution in [1.29, 1.82) is 0 Å². The van der Waals surface area contributed by atoms with Gasteiger partial charge in [0.05, 0.1) is 11.0 Å². The normalized spacial score (nSPS) is 11.3. The number of hydrogen-bond donors (Lipinski definition) is 0. The van der Waals surface area contributed by atoms with Gasteiger partial charge in [-0.1, -0.05) is 72.0 Å². The molecule has 0 aliphatic carbocycles. The van der Waals surface area contributed by atoms with Gasteiger partial charge < -0.3 is 4.90 Å². The maximum Gasteiger partial charge on any atom is 0.211 e. The second-order valence-electron chi connectivity index (χ2n) is 5.20. The highest BCUT2D eigenvalue weighted by Gasteiger charge is 2.18. The second kappa shape index (κ2) is 7.49. The molecule has 0 saturated carbocycles. The molecule has 0 aliphatic rings. The van der Waals surface area contributed by atoms with Gasteiger partial charge in [0.15, 0.2) is 0 Å². The lowest BCUT2D eigenvalue weighted by atomic mass is 10.4. The van der Waals surface area contributed by atoms with E-state index in [2.05, 4.69) is 70.6 Å². The van der Waals surface area contributed by atoms with E-state index in [4.69, 9.17) is 0 Å². The first-order valence-corrected chi connectivity index (χ1v) is 9.46. The Kier molecular flexibility index (Phi) is 5.16. The van der Waals surface area contributed by atoms with E-state index in [1.165, 1.54) is 15.2 Å². The average molecular weight is 339 g/mol. The number of thiazole rings is 1. The zero-order chi connectivity index (χ0) is 16.1. The predicted molar refractivity (Wildman–Crippen MR) is 103 cm³/mol. The van der Waals surface area contributed by atoms with Gasteiger partial charge >= 0.3 is 0 Å². The highest BCUT2D eigenvalue weighted by atomic mass is 32.1. The van der Waals surface area contributed by atoms with Gasteiger partial charge in [-0.25, -0.2) is 9.98 Å². The van der Waals surface area contributed by atoms with E-state index in [-0.39, 0.29) is 0 Å². The molecule has 0 bridgehead atoms. The van der Waals surface area contributed by atoms with E-state index in [0.717, 1.165) is 5.13 Å². The Hall–Kier alpha value is -2.03. The number of aliphatic imine (C=N–C) groups is 1. The van der Waals surface area contributed by atoms with Crippen LogP contribution in [0.1, 0.15) is 0 Å². The van der Waals surface area contributed by atoms with Gasteiger partial charge in [0.25, 0.3) is 0 Å². The molecule has 0 saturated heterocycles. The SMILES string of the molecule is CN(C)/C=N\c1ncc(P(c2ccccc2)c2ccccc2)s1. The van der Waals surface area contributed by atoms with Crippen molar-refractivity contribution in [3.63, 3.8) is 0 Å². The summed E-state index contributed by atoms with van der Waals surface area (Å²) in [5.74, 6) is 0. The second-order valence-corrected chi connectivity index (χ2v) is 8.69. The van der Waals surface area contributed by atoms with E-state index < -0.39 is 7.92 Å². The Bertz CT molecular complexity index is 730. The Balaban J connectivity index is 2.00. The summed E-state index contributed by atoms with van der Waals surface area (Å²) in [5, 5.41) is 3.47. The van der Waals surface area contributed by atoms with Crippen molar-refractivity contribution in [3.05, 3.63) is 66.9 Å². The van der Waals surface area contributed by atoms with Gasteiger partial charge in [-0.2, -0.15) is 0 Å². The Labute approximate surface area is 142 Å². The molecule has 0 unspecified atom stereocenters. The van der Waals surface area contributed by atoms with Gasteiger partial charge in [-0.3, -0.25) is 0 Å². The highest BCUT2D eigenvalue weighted by Crippen LogP contribution is 2.36. The monoisotopic (exact) mass is 339 g/mol. The topological polar surface area (TPSA) is 28.5 Å². The minimum Gasteiger partial charge on any atom is -0.369 e. The molecule has 116 valence electrons. The van der Waals surface area contributed by atoms with E-state index in [1.54, 1.807) is 17.7 Å². The molecule has 5 heteroatoms. The maximum atomic E-state index is 4.47. The van der Waals surface area contributed by atoms with Crippen LogP contribution in [-0.4, -0.2) is 30.3 Å². The number of hydrogen-bond acceptors (Lipinski definition) is 3. The van der Waals surface area contributed by atoms with E-state index >= 15 is 0 Å². The van der Waals surface area contributed by atoms with Crippen LogP contribution in [-0.2, 0) is 0 Å². The molecular weight excluding hydrogens is 321 g/mol. The lowest BCUT2D eigenvalue weighted by Crippen LogP contribution is -2.18. The van der Waals surface area contributed by atoms with E-state index in [9.17, 15) is 0 Å². The Morgan fingerprint density at radius 1 is 0.957 bits per heavy atom. The fourth-order valence-corrected chi connectivity index (χ4v) is 5.80. The van der Waals surface area contributed by atoms with Crippen molar-refractivity contribution in [2.45, 2.75) is 0 Å². The molecule has 0 radical (unpaired) electrons. The van der Waals surface area contributed by atoms with Crippen LogP contribution in [0.2, 0.25) is 0 Å². The molecule has 3 aromatic rings. The molecule has 0 atom stereocenters. The van der Waals surface area contributed by atoms with E-state index in [1.807, 2.05) is 25.2 Å². The molecule has 3 rings (SSSR count). The summed E-state index contributed by atoms with van der Waals surface area (Å²) in [6.07, 6.45) is 3.76. The standard InChI is InChI=1S/C18H18N3PS/c1-21(2)14-20-18-19-13-17(23-18)22(15-9-5-3-6-10-15)16-11-7-4-8-12-16/h3-14H,1-2H3/b20-14-. The summed E-state index contributed by atoms with van der Waals surface area (Å²) in [7, 11) is 3.33. The van der Waals surface area contributed by atoms with Crippen molar-refractivity contribution >= 4 is 46.0 Å². The van der Waals surface area contributed by atoms with Crippen LogP contribution in [0, 0.1) is 0 Å². The van der Waals surface area contributed by atoms with Gasteiger partial charge in [0, 0.05) is 20.3 Å². The first-order valence-electron chi connectivity index (χ1n) is 7.31. The first-order chi connectivity index (χ1) is 11.2. The molecule has 0 fully saturated rings. The third-order valence-corrected chi connectivity index (χ3v) is 6.84. The summed E-state index contributed by atoms with van der Waals surface area (Å²) in [5.41, 5.74) is 0. The molecule has 2 aromatic carbocycles. The van der Waals surface area contributed by atoms with Crippen LogP contribution < -0.4 is 15.2 Å². The summed E-state index contributed by atoms with van der Waals surface area (Å²) in [4.78, 5) is 10.8. The largest absolute Gasteiger partial charge is 0.369 e. The quantitative estimate of drug-likeness (QED) is 0.406. The summed E-state index contributed by atoms with van der Waals surface area (Å²) in [6.45, 7) is 0. The van der Waals surface area contributed by atoms with Crippen LogP contribution in [0.15, 0.2) is 71.9 Å². The van der Waals surface area contributed by atoms with Gasteiger partial charge in [-0.15, -0.1) is 0 Å². The summed E-state index contributed by atoms with van der Waals surface area (Å²) in [6, 6.07) is 21.3. The van der Waals surface area contributed by atoms with Crippen molar-refractivity contribution in [1.82, 2.24) is 9.88 Å². The zero-order valence-electron chi connectivity index (χ0n) is 13.1. The Morgan fingerprint density at radius 3 is 2.04 bits per heavy atom. The number of nitrogens with zero attached hydrogens (tertiary/aromatic N) is 3. The molecule has 23 heavy (non-hydrogen) atoms. The first kappa shape index (κ1) is 15.9. The third kappa shape index (κ3) is 4.04. The fraction of sp³-hybridized carbons (Fsp3) is 0.111. The van der Waals surface area contributed by atoms with Gasteiger partial charge in [0.2, 0.25) is 5.13 Å². The van der Waals surface area contributed by atoms with Crippen molar-refractivity contribution < 1.29 is 0 Å². The van der Waals surface area contributed by atoms with E-state index in [0.29, 0.717) is 0 Å². The van der Waals surface area contributed by atoms with Crippen LogP contribution in [0.4, 0.5) is 5.13 Å². The lowest BCUT2D eigenvalue weighted by Gasteiger charge is -2.16. The van der Waals surface area contributed by atoms with Crippen LogP contribution >= 0.6 is 19.3 Å². The summed E-state index contributed by atoms with van der Waals surface area (Å²) < 4.78 is 1.27. The molecular formula is C18H18N3PS. The van der Waals surface area contributed by atoms with Crippen molar-refractivity contribution in [3.8, 4) is 0 Å². The van der Waals surface area contributed by atoms with Crippen molar-refractivity contribution in [2.75, 3.05) is 14.1 Å². The minimum atomic E-state index is -0.583. The van der Waals surface area contributed by atoms with Crippen LogP contribution in [0.25, 0.3) is 0 Å². The van der Waals surface area contributed by atoms with Crippen LogP contribution in [0.5, 0.6) is 0 Å². The number of aromatic nitrogens is 1. The van der Waals surface area contributed by atoms with Crippen LogP contribution in [0.3, 0.4) is 0 Å². The average Bonchev–Trinajstić information content (AvgIpc) is 3.04. The maximum absolute atomic E-state index is 4.47. The molecule has 0 amide bonds. The molecule has 1 aromatic heterocycles. The minimum absolute atomic E-state index is 0.583. The van der Waals surface area contributed by atoms with Gasteiger partial charge in [-0.05, 0) is 18.5 Å². The smallest absolute Gasteiger partial charge is 0.211 e.